The van der Waals surface area contributed by atoms with E-state index in [4.69, 9.17) is 14.5 Å². The molecule has 1 unspecified atom stereocenters. The van der Waals surface area contributed by atoms with E-state index in [1.54, 1.807) is 6.92 Å². The number of ether oxygens (including phenoxy) is 2. The molecule has 0 saturated carbocycles. The summed E-state index contributed by atoms with van der Waals surface area (Å²) in [6.07, 6.45) is 3.39. The molecular formula is C28H31N3O5S. The van der Waals surface area contributed by atoms with E-state index in [0.29, 0.717) is 22.7 Å². The molecule has 2 aliphatic rings. The highest BCUT2D eigenvalue weighted by atomic mass is 32.1. The largest absolute Gasteiger partial charge is 0.465 e. The van der Waals surface area contributed by atoms with Gasteiger partial charge in [0.05, 0.1) is 23.8 Å². The summed E-state index contributed by atoms with van der Waals surface area (Å²) in [7, 11) is 1.34. The average molecular weight is 522 g/mol. The first-order valence-electron chi connectivity index (χ1n) is 12.8. The summed E-state index contributed by atoms with van der Waals surface area (Å²) in [4.78, 5) is 47.4. The second kappa shape index (κ2) is 10.6. The number of benzene rings is 1. The summed E-state index contributed by atoms with van der Waals surface area (Å²) in [6, 6.07) is 7.53. The molecule has 0 fully saturated rings. The van der Waals surface area contributed by atoms with Crippen LogP contribution in [-0.4, -0.2) is 54.0 Å². The number of likely N-dealkylation sites (N-methyl/N-ethyl adjacent to an activating group) is 1. The van der Waals surface area contributed by atoms with E-state index in [0.717, 1.165) is 77.8 Å². The second-order valence-electron chi connectivity index (χ2n) is 9.49. The lowest BCUT2D eigenvalue weighted by Crippen LogP contribution is -2.34. The summed E-state index contributed by atoms with van der Waals surface area (Å²) in [5.41, 5.74) is 4.35. The van der Waals surface area contributed by atoms with Crippen molar-refractivity contribution in [1.82, 2.24) is 9.88 Å². The minimum Gasteiger partial charge on any atom is -0.465 e. The first kappa shape index (κ1) is 25.4. The molecular weight excluding hydrogens is 490 g/mol. The van der Waals surface area contributed by atoms with Crippen LogP contribution in [0.4, 0.5) is 5.00 Å². The minimum atomic E-state index is -1.06. The number of amides is 1. The van der Waals surface area contributed by atoms with Gasteiger partial charge in [0.15, 0.2) is 6.10 Å². The van der Waals surface area contributed by atoms with E-state index in [1.165, 1.54) is 18.4 Å². The highest BCUT2D eigenvalue weighted by molar-refractivity contribution is 7.17. The third-order valence-corrected chi connectivity index (χ3v) is 8.43. The van der Waals surface area contributed by atoms with Crippen molar-refractivity contribution in [2.45, 2.75) is 58.6 Å². The van der Waals surface area contributed by atoms with Gasteiger partial charge in [-0.3, -0.25) is 14.7 Å². The van der Waals surface area contributed by atoms with Gasteiger partial charge in [-0.1, -0.05) is 25.1 Å². The van der Waals surface area contributed by atoms with Crippen molar-refractivity contribution in [3.05, 3.63) is 57.1 Å². The van der Waals surface area contributed by atoms with Crippen molar-refractivity contribution in [2.24, 2.45) is 0 Å². The van der Waals surface area contributed by atoms with Gasteiger partial charge < -0.3 is 14.8 Å². The molecule has 194 valence electrons. The van der Waals surface area contributed by atoms with Crippen LogP contribution in [0.3, 0.4) is 0 Å². The molecule has 2 aromatic heterocycles. The zero-order valence-electron chi connectivity index (χ0n) is 21.4. The monoisotopic (exact) mass is 521 g/mol. The van der Waals surface area contributed by atoms with Crippen LogP contribution in [0.15, 0.2) is 24.3 Å². The van der Waals surface area contributed by atoms with Gasteiger partial charge in [0.1, 0.15) is 5.00 Å². The fraction of sp³-hybridized carbons (Fsp3) is 0.429. The quantitative estimate of drug-likeness (QED) is 0.476. The van der Waals surface area contributed by atoms with Crippen LogP contribution in [0, 0.1) is 0 Å². The number of carbonyl (C=O) groups excluding carboxylic acids is 3. The lowest BCUT2D eigenvalue weighted by molar-refractivity contribution is -0.123. The molecule has 8 nitrogen and oxygen atoms in total. The number of para-hydroxylation sites is 1. The molecule has 5 rings (SSSR count). The summed E-state index contributed by atoms with van der Waals surface area (Å²) < 4.78 is 10.7. The second-order valence-corrected chi connectivity index (χ2v) is 10.6. The minimum absolute atomic E-state index is 0.419. The van der Waals surface area contributed by atoms with Crippen LogP contribution < -0.4 is 5.32 Å². The van der Waals surface area contributed by atoms with Crippen LogP contribution in [0.1, 0.15) is 69.1 Å². The summed E-state index contributed by atoms with van der Waals surface area (Å²) in [5, 5.41) is 4.01. The zero-order chi connectivity index (χ0) is 26.1. The number of nitrogens with one attached hydrogen (secondary N) is 1. The number of fused-ring (bicyclic) bond motifs is 3. The van der Waals surface area contributed by atoms with E-state index in [2.05, 4.69) is 17.1 Å². The predicted molar refractivity (Wildman–Crippen MR) is 142 cm³/mol. The van der Waals surface area contributed by atoms with Gasteiger partial charge in [0.2, 0.25) is 0 Å². The number of aromatic nitrogens is 1. The van der Waals surface area contributed by atoms with Gasteiger partial charge >= 0.3 is 11.9 Å². The molecule has 1 atom stereocenters. The Kier molecular flexibility index (Phi) is 7.26. The van der Waals surface area contributed by atoms with Gasteiger partial charge in [-0.25, -0.2) is 9.59 Å². The van der Waals surface area contributed by atoms with Crippen LogP contribution in [0.5, 0.6) is 0 Å². The number of hydrogen-bond donors (Lipinski definition) is 1. The summed E-state index contributed by atoms with van der Waals surface area (Å²) >= 11 is 1.40. The normalized spacial score (nSPS) is 16.0. The summed E-state index contributed by atoms with van der Waals surface area (Å²) in [5.74, 6) is -1.50. The number of aryl methyl sites for hydroxylation is 1. The number of thiophene rings is 1. The predicted octanol–water partition coefficient (Wildman–Crippen LogP) is 4.52. The molecule has 1 amide bonds. The van der Waals surface area contributed by atoms with Crippen molar-refractivity contribution < 1.29 is 23.9 Å². The smallest absolute Gasteiger partial charge is 0.341 e. The third kappa shape index (κ3) is 4.85. The van der Waals surface area contributed by atoms with Crippen LogP contribution in [-0.2, 0) is 40.1 Å². The highest BCUT2D eigenvalue weighted by Crippen LogP contribution is 2.38. The Morgan fingerprint density at radius 1 is 1.08 bits per heavy atom. The Balaban J connectivity index is 1.41. The molecule has 0 spiro atoms. The third-order valence-electron chi connectivity index (χ3n) is 7.23. The van der Waals surface area contributed by atoms with Gasteiger partial charge in [-0.2, -0.15) is 0 Å². The molecule has 0 bridgehead atoms. The number of rotatable bonds is 6. The molecule has 1 N–H and O–H groups in total. The maximum atomic E-state index is 13.6. The van der Waals surface area contributed by atoms with E-state index in [9.17, 15) is 14.4 Å². The molecule has 37 heavy (non-hydrogen) atoms. The lowest BCUT2D eigenvalue weighted by atomic mass is 9.95. The van der Waals surface area contributed by atoms with Gasteiger partial charge in [0, 0.05) is 41.0 Å². The number of carbonyl (C=O) groups is 3. The molecule has 0 radical (unpaired) electrons. The summed E-state index contributed by atoms with van der Waals surface area (Å²) in [6.45, 7) is 6.00. The average Bonchev–Trinajstić information content (AvgIpc) is 3.28. The first-order chi connectivity index (χ1) is 17.9. The fourth-order valence-corrected chi connectivity index (χ4v) is 6.49. The molecule has 3 heterocycles. The van der Waals surface area contributed by atoms with Gasteiger partial charge in [-0.15, -0.1) is 11.3 Å². The Hall–Kier alpha value is -3.30. The number of nitrogens with zero attached hydrogens (tertiary/aromatic N) is 2. The molecule has 1 aliphatic heterocycles. The topological polar surface area (TPSA) is 97.8 Å². The van der Waals surface area contributed by atoms with Crippen molar-refractivity contribution in [2.75, 3.05) is 25.5 Å². The standard InChI is InChI=1S/C28H31N3O5S/c1-4-31-14-13-21-19(15-31)23(17-9-5-7-11-20(17)29-21)28(34)36-16(2)25(32)30-26-24(27(33)35-3)18-10-6-8-12-22(18)37-26/h5,7,9,11,16H,4,6,8,10,12-15H2,1-3H3,(H,30,32). The molecule has 3 aromatic rings. The lowest BCUT2D eigenvalue weighted by Gasteiger charge is -2.29. The van der Waals surface area contributed by atoms with E-state index in [-0.39, 0.29) is 0 Å². The fourth-order valence-electron chi connectivity index (χ4n) is 5.21. The Labute approximate surface area is 220 Å². The van der Waals surface area contributed by atoms with Gasteiger partial charge in [0.25, 0.3) is 5.91 Å². The Morgan fingerprint density at radius 3 is 2.65 bits per heavy atom. The number of pyridine rings is 1. The van der Waals surface area contributed by atoms with Gasteiger partial charge in [-0.05, 0) is 50.8 Å². The molecule has 9 heteroatoms. The van der Waals surface area contributed by atoms with Crippen LogP contribution >= 0.6 is 11.3 Å². The number of hydrogen-bond acceptors (Lipinski definition) is 8. The van der Waals surface area contributed by atoms with E-state index < -0.39 is 23.9 Å². The van der Waals surface area contributed by atoms with Crippen molar-refractivity contribution in [1.29, 1.82) is 0 Å². The number of methoxy groups -OCH3 is 1. The first-order valence-corrected chi connectivity index (χ1v) is 13.6. The zero-order valence-corrected chi connectivity index (χ0v) is 22.2. The highest BCUT2D eigenvalue weighted by Gasteiger charge is 2.31. The molecule has 1 aliphatic carbocycles. The number of esters is 2. The van der Waals surface area contributed by atoms with Crippen molar-refractivity contribution in [3.8, 4) is 0 Å². The van der Waals surface area contributed by atoms with Crippen LogP contribution in [0.25, 0.3) is 10.9 Å². The Morgan fingerprint density at radius 2 is 1.86 bits per heavy atom. The maximum absolute atomic E-state index is 13.6. The number of anilines is 1. The van der Waals surface area contributed by atoms with Crippen molar-refractivity contribution in [3.63, 3.8) is 0 Å². The molecule has 0 saturated heterocycles. The maximum Gasteiger partial charge on any atom is 0.341 e. The van der Waals surface area contributed by atoms with E-state index in [1.807, 2.05) is 24.3 Å². The molecule has 1 aromatic carbocycles. The van der Waals surface area contributed by atoms with Crippen LogP contribution in [0.2, 0.25) is 0 Å². The SMILES string of the molecule is CCN1CCc2nc3ccccc3c(C(=O)OC(C)C(=O)Nc3sc4c(c3C(=O)OC)CCCC4)c2C1. The van der Waals surface area contributed by atoms with E-state index >= 15 is 0 Å². The Bertz CT molecular complexity index is 1380. The van der Waals surface area contributed by atoms with Crippen molar-refractivity contribution >= 4 is 45.1 Å².